The van der Waals surface area contributed by atoms with Gasteiger partial charge in [0.15, 0.2) is 18.4 Å². The third-order valence-corrected chi connectivity index (χ3v) is 4.70. The van der Waals surface area contributed by atoms with Crippen LogP contribution in [0.25, 0.3) is 22.3 Å². The second kappa shape index (κ2) is 9.15. The summed E-state index contributed by atoms with van der Waals surface area (Å²) in [7, 11) is 1.46. The van der Waals surface area contributed by atoms with Crippen LogP contribution in [0.5, 0.6) is 11.6 Å². The number of aromatic nitrogens is 6. The van der Waals surface area contributed by atoms with Gasteiger partial charge < -0.3 is 14.5 Å². The standard InChI is InChI=1S/C20H15F5N6O4/c1-31-16-11(6-13(28-29-16)12-7-26-19(33)27-17(12)32)18(30-31)35-14(15(21)22)9-3-2-4-10(5-9)34-8-20(23,24)25/h2-7,14-15H,8H2,1H3,(H2,26,27,32,33)/t14-/m1/s1. The second-order valence-corrected chi connectivity index (χ2v) is 7.23. The predicted molar refractivity (Wildman–Crippen MR) is 110 cm³/mol. The summed E-state index contributed by atoms with van der Waals surface area (Å²) in [6.07, 6.45) is -8.51. The highest BCUT2D eigenvalue weighted by molar-refractivity contribution is 5.84. The number of nitrogens with one attached hydrogen (secondary N) is 2. The molecule has 0 spiro atoms. The lowest BCUT2D eigenvalue weighted by atomic mass is 10.1. The molecule has 0 bridgehead atoms. The Morgan fingerprint density at radius 2 is 1.91 bits per heavy atom. The van der Waals surface area contributed by atoms with Crippen molar-refractivity contribution in [2.45, 2.75) is 18.7 Å². The van der Waals surface area contributed by atoms with E-state index in [9.17, 15) is 31.5 Å². The minimum absolute atomic E-state index is 0.00370. The number of aromatic amines is 2. The first-order chi connectivity index (χ1) is 16.5. The number of halogens is 5. The molecule has 0 amide bonds. The maximum atomic E-state index is 13.9. The molecule has 0 fully saturated rings. The SMILES string of the molecule is Cn1nc(O[C@H](c2cccc(OCC(F)(F)F)c2)C(F)F)c2cc(-c3c[nH]c(=O)[nH]c3=O)nnc21. The molecule has 10 nitrogen and oxygen atoms in total. The molecule has 0 saturated heterocycles. The van der Waals surface area contributed by atoms with Crippen molar-refractivity contribution in [3.63, 3.8) is 0 Å². The van der Waals surface area contributed by atoms with E-state index in [1.807, 2.05) is 4.98 Å². The number of H-pyrrole nitrogens is 2. The van der Waals surface area contributed by atoms with Crippen LogP contribution in [0.4, 0.5) is 22.0 Å². The smallest absolute Gasteiger partial charge is 0.422 e. The van der Waals surface area contributed by atoms with Crippen molar-refractivity contribution in [3.05, 3.63) is 62.9 Å². The van der Waals surface area contributed by atoms with E-state index in [0.717, 1.165) is 12.3 Å². The molecular formula is C20H15F5N6O4. The Bertz CT molecular complexity index is 1480. The number of nitrogens with zero attached hydrogens (tertiary/aromatic N) is 4. The third-order valence-electron chi connectivity index (χ3n) is 4.70. The Hall–Kier alpha value is -4.30. The van der Waals surface area contributed by atoms with Crippen LogP contribution in [0.15, 0.2) is 46.1 Å². The van der Waals surface area contributed by atoms with Gasteiger partial charge in [0.25, 0.3) is 12.0 Å². The summed E-state index contributed by atoms with van der Waals surface area (Å²) < 4.78 is 76.5. The largest absolute Gasteiger partial charge is 0.484 e. The quantitative estimate of drug-likeness (QED) is 0.375. The van der Waals surface area contributed by atoms with Gasteiger partial charge in [-0.3, -0.25) is 9.78 Å². The summed E-state index contributed by atoms with van der Waals surface area (Å²) in [4.78, 5) is 27.7. The molecule has 35 heavy (non-hydrogen) atoms. The van der Waals surface area contributed by atoms with Gasteiger partial charge in [0, 0.05) is 18.8 Å². The van der Waals surface area contributed by atoms with Crippen LogP contribution >= 0.6 is 0 Å². The lowest BCUT2D eigenvalue weighted by Gasteiger charge is -2.18. The van der Waals surface area contributed by atoms with Gasteiger partial charge in [0.1, 0.15) is 11.4 Å². The van der Waals surface area contributed by atoms with Crippen molar-refractivity contribution in [1.82, 2.24) is 29.9 Å². The molecule has 4 aromatic rings. The Balaban J connectivity index is 1.70. The number of hydrogen-bond donors (Lipinski definition) is 2. The van der Waals surface area contributed by atoms with E-state index in [0.29, 0.717) is 0 Å². The highest BCUT2D eigenvalue weighted by Gasteiger charge is 2.30. The molecule has 0 unspecified atom stereocenters. The van der Waals surface area contributed by atoms with E-state index < -0.39 is 36.6 Å². The molecule has 1 aromatic carbocycles. The average Bonchev–Trinajstić information content (AvgIpc) is 3.10. The average molecular weight is 498 g/mol. The highest BCUT2D eigenvalue weighted by atomic mass is 19.4. The number of rotatable bonds is 7. The first kappa shape index (κ1) is 23.8. The van der Waals surface area contributed by atoms with Gasteiger partial charge >= 0.3 is 11.9 Å². The van der Waals surface area contributed by atoms with Crippen LogP contribution in [0.3, 0.4) is 0 Å². The van der Waals surface area contributed by atoms with E-state index in [2.05, 4.69) is 25.0 Å². The Morgan fingerprint density at radius 3 is 2.60 bits per heavy atom. The number of ether oxygens (including phenoxy) is 2. The summed E-state index contributed by atoms with van der Waals surface area (Å²) in [6, 6.07) is 6.02. The monoisotopic (exact) mass is 498 g/mol. The molecule has 3 heterocycles. The number of aryl methyl sites for hydroxylation is 1. The number of alkyl halides is 5. The first-order valence-corrected chi connectivity index (χ1v) is 9.79. The number of fused-ring (bicyclic) bond motifs is 1. The van der Waals surface area contributed by atoms with Crippen molar-refractivity contribution >= 4 is 11.0 Å². The van der Waals surface area contributed by atoms with Gasteiger partial charge in [-0.2, -0.15) is 13.2 Å². The van der Waals surface area contributed by atoms with E-state index in [1.165, 1.54) is 36.0 Å². The van der Waals surface area contributed by atoms with Gasteiger partial charge in [-0.1, -0.05) is 12.1 Å². The normalized spacial score (nSPS) is 12.8. The van der Waals surface area contributed by atoms with Gasteiger partial charge in [0.05, 0.1) is 10.9 Å². The van der Waals surface area contributed by atoms with Crippen LogP contribution in [-0.2, 0) is 7.05 Å². The molecular weight excluding hydrogens is 483 g/mol. The molecule has 0 saturated carbocycles. The van der Waals surface area contributed by atoms with E-state index in [-0.39, 0.29) is 39.5 Å². The summed E-state index contributed by atoms with van der Waals surface area (Å²) in [5.74, 6) is -0.559. The van der Waals surface area contributed by atoms with Crippen molar-refractivity contribution in [2.75, 3.05) is 6.61 Å². The molecule has 4 rings (SSSR count). The molecule has 184 valence electrons. The fourth-order valence-corrected chi connectivity index (χ4v) is 3.17. The van der Waals surface area contributed by atoms with E-state index in [4.69, 9.17) is 4.74 Å². The second-order valence-electron chi connectivity index (χ2n) is 7.23. The van der Waals surface area contributed by atoms with E-state index >= 15 is 0 Å². The summed E-state index contributed by atoms with van der Waals surface area (Å²) in [5, 5.41) is 12.0. The molecule has 15 heteroatoms. The lowest BCUT2D eigenvalue weighted by molar-refractivity contribution is -0.153. The van der Waals surface area contributed by atoms with Crippen LogP contribution in [0.1, 0.15) is 11.7 Å². The summed E-state index contributed by atoms with van der Waals surface area (Å²) >= 11 is 0. The lowest BCUT2D eigenvalue weighted by Crippen LogP contribution is -2.22. The van der Waals surface area contributed by atoms with Crippen molar-refractivity contribution in [1.29, 1.82) is 0 Å². The molecule has 0 aliphatic carbocycles. The summed E-state index contributed by atoms with van der Waals surface area (Å²) in [5.41, 5.74) is -1.55. The van der Waals surface area contributed by atoms with Crippen molar-refractivity contribution in [2.24, 2.45) is 7.05 Å². The van der Waals surface area contributed by atoms with Gasteiger partial charge in [-0.25, -0.2) is 18.3 Å². The number of hydrogen-bond acceptors (Lipinski definition) is 7. The fraction of sp³-hybridized carbons (Fsp3) is 0.250. The zero-order chi connectivity index (χ0) is 25.3. The first-order valence-electron chi connectivity index (χ1n) is 9.79. The van der Waals surface area contributed by atoms with Gasteiger partial charge in [0.2, 0.25) is 5.88 Å². The van der Waals surface area contributed by atoms with Gasteiger partial charge in [-0.05, 0) is 18.2 Å². The zero-order valence-electron chi connectivity index (χ0n) is 17.6. The summed E-state index contributed by atoms with van der Waals surface area (Å²) in [6.45, 7) is -1.59. The minimum Gasteiger partial charge on any atom is -0.484 e. The number of benzene rings is 1. The molecule has 1 atom stereocenters. The fourth-order valence-electron chi connectivity index (χ4n) is 3.17. The Kier molecular flexibility index (Phi) is 6.24. The van der Waals surface area contributed by atoms with E-state index in [1.54, 1.807) is 0 Å². The molecule has 0 aliphatic heterocycles. The zero-order valence-corrected chi connectivity index (χ0v) is 17.6. The van der Waals surface area contributed by atoms with Crippen LogP contribution in [-0.4, -0.2) is 49.2 Å². The topological polar surface area (TPSA) is 128 Å². The van der Waals surface area contributed by atoms with Gasteiger partial charge in [-0.15, -0.1) is 15.3 Å². The molecule has 0 radical (unpaired) electrons. The van der Waals surface area contributed by atoms with Crippen LogP contribution < -0.4 is 20.7 Å². The van der Waals surface area contributed by atoms with Crippen molar-refractivity contribution < 1.29 is 31.4 Å². The Labute approximate surface area is 191 Å². The maximum absolute atomic E-state index is 13.9. The highest BCUT2D eigenvalue weighted by Crippen LogP contribution is 2.33. The molecule has 2 N–H and O–H groups in total. The molecule has 0 aliphatic rings. The van der Waals surface area contributed by atoms with Crippen molar-refractivity contribution in [3.8, 4) is 22.9 Å². The maximum Gasteiger partial charge on any atom is 0.422 e. The predicted octanol–water partition coefficient (Wildman–Crippen LogP) is 2.73. The molecule has 3 aromatic heterocycles. The van der Waals surface area contributed by atoms with Crippen LogP contribution in [0, 0.1) is 0 Å². The van der Waals surface area contributed by atoms with Crippen LogP contribution in [0.2, 0.25) is 0 Å². The minimum atomic E-state index is -4.60. The third kappa shape index (κ3) is 5.28. The Morgan fingerprint density at radius 1 is 1.14 bits per heavy atom.